The van der Waals surface area contributed by atoms with Crippen LogP contribution in [0.3, 0.4) is 0 Å². The number of nitrogens with one attached hydrogen (secondary N) is 1. The van der Waals surface area contributed by atoms with E-state index in [0.29, 0.717) is 11.1 Å². The number of imidazole rings is 1. The Kier molecular flexibility index (Phi) is 4.48. The van der Waals surface area contributed by atoms with Gasteiger partial charge in [0.05, 0.1) is 5.75 Å². The number of hydrogen-bond donors (Lipinski definition) is 2. The highest BCUT2D eigenvalue weighted by Gasteiger charge is 2.11. The lowest BCUT2D eigenvalue weighted by atomic mass is 10.6. The summed E-state index contributed by atoms with van der Waals surface area (Å²) in [6.07, 6.45) is 4.88. The van der Waals surface area contributed by atoms with Crippen molar-refractivity contribution in [2.45, 2.75) is 5.16 Å². The topological polar surface area (TPSA) is 115 Å². The van der Waals surface area contributed by atoms with Gasteiger partial charge in [0.25, 0.3) is 0 Å². The summed E-state index contributed by atoms with van der Waals surface area (Å²) in [5.74, 6) is 6.15. The molecule has 0 saturated heterocycles. The molecule has 0 bridgehead atoms. The van der Waals surface area contributed by atoms with Crippen molar-refractivity contribution in [2.75, 3.05) is 25.3 Å². The van der Waals surface area contributed by atoms with Crippen LogP contribution in [0.4, 0.5) is 5.95 Å². The Morgan fingerprint density at radius 2 is 2.25 bits per heavy atom. The molecule has 0 unspecified atom stereocenters. The van der Waals surface area contributed by atoms with Gasteiger partial charge in [-0.1, -0.05) is 11.8 Å². The minimum atomic E-state index is -0.0261. The van der Waals surface area contributed by atoms with Gasteiger partial charge in [-0.25, -0.2) is 10.8 Å². The molecule has 20 heavy (non-hydrogen) atoms. The van der Waals surface area contributed by atoms with E-state index < -0.39 is 0 Å². The zero-order valence-corrected chi connectivity index (χ0v) is 11.8. The van der Waals surface area contributed by atoms with Gasteiger partial charge in [-0.05, 0) is 0 Å². The number of aromatic nitrogens is 5. The molecule has 9 nitrogen and oxygen atoms in total. The first-order valence-electron chi connectivity index (χ1n) is 5.64. The van der Waals surface area contributed by atoms with Gasteiger partial charge in [-0.3, -0.25) is 14.8 Å². The SMILES string of the molecule is CN(C)C(=O)CSc1nc(NN)nc(-n2ccnc2)n1. The molecule has 0 aliphatic carbocycles. The van der Waals surface area contributed by atoms with Gasteiger partial charge in [0.1, 0.15) is 6.33 Å². The Hall–Kier alpha value is -2.20. The third kappa shape index (κ3) is 3.42. The van der Waals surface area contributed by atoms with Crippen molar-refractivity contribution >= 4 is 23.6 Å². The molecule has 2 heterocycles. The van der Waals surface area contributed by atoms with Crippen molar-refractivity contribution in [3.8, 4) is 5.95 Å². The Bertz CT molecular complexity index is 585. The molecule has 0 saturated carbocycles. The van der Waals surface area contributed by atoms with E-state index in [1.54, 1.807) is 37.4 Å². The highest BCUT2D eigenvalue weighted by atomic mass is 32.2. The molecule has 0 aromatic carbocycles. The number of amides is 1. The Balaban J connectivity index is 2.20. The van der Waals surface area contributed by atoms with Crippen molar-refractivity contribution in [1.82, 2.24) is 29.4 Å². The van der Waals surface area contributed by atoms with E-state index in [9.17, 15) is 4.79 Å². The number of carbonyl (C=O) groups is 1. The lowest BCUT2D eigenvalue weighted by Gasteiger charge is -2.10. The molecule has 2 aromatic rings. The number of nitrogen functional groups attached to an aromatic ring is 1. The first-order chi connectivity index (χ1) is 9.60. The highest BCUT2D eigenvalue weighted by Crippen LogP contribution is 2.16. The summed E-state index contributed by atoms with van der Waals surface area (Å²) < 4.78 is 1.63. The van der Waals surface area contributed by atoms with Crippen LogP contribution >= 0.6 is 11.8 Å². The quantitative estimate of drug-likeness (QED) is 0.432. The Labute approximate surface area is 119 Å². The normalized spacial score (nSPS) is 10.3. The number of carbonyl (C=O) groups excluding carboxylic acids is 1. The maximum Gasteiger partial charge on any atom is 0.242 e. The maximum absolute atomic E-state index is 11.6. The number of nitrogens with two attached hydrogens (primary N) is 1. The van der Waals surface area contributed by atoms with Gasteiger partial charge in [-0.2, -0.15) is 15.0 Å². The van der Waals surface area contributed by atoms with E-state index in [0.717, 1.165) is 0 Å². The molecule has 106 valence electrons. The van der Waals surface area contributed by atoms with E-state index in [2.05, 4.69) is 25.4 Å². The maximum atomic E-state index is 11.6. The summed E-state index contributed by atoms with van der Waals surface area (Å²) in [7, 11) is 3.39. The van der Waals surface area contributed by atoms with Gasteiger partial charge >= 0.3 is 0 Å². The number of thioether (sulfide) groups is 1. The van der Waals surface area contributed by atoms with Crippen LogP contribution in [-0.2, 0) is 4.79 Å². The second-order valence-corrected chi connectivity index (χ2v) is 4.88. The third-order valence-corrected chi connectivity index (χ3v) is 3.12. The minimum Gasteiger partial charge on any atom is -0.348 e. The number of rotatable bonds is 5. The second kappa shape index (κ2) is 6.30. The van der Waals surface area contributed by atoms with Crippen LogP contribution in [0, 0.1) is 0 Å². The zero-order valence-electron chi connectivity index (χ0n) is 11.0. The molecule has 3 N–H and O–H groups in total. The van der Waals surface area contributed by atoms with Gasteiger partial charge in [0.2, 0.25) is 17.8 Å². The molecule has 0 fully saturated rings. The molecule has 10 heteroatoms. The van der Waals surface area contributed by atoms with Crippen LogP contribution in [0.25, 0.3) is 5.95 Å². The smallest absolute Gasteiger partial charge is 0.242 e. The largest absolute Gasteiger partial charge is 0.348 e. The first-order valence-corrected chi connectivity index (χ1v) is 6.62. The van der Waals surface area contributed by atoms with Crippen molar-refractivity contribution in [1.29, 1.82) is 0 Å². The van der Waals surface area contributed by atoms with Gasteiger partial charge in [-0.15, -0.1) is 0 Å². The van der Waals surface area contributed by atoms with Crippen molar-refractivity contribution in [3.63, 3.8) is 0 Å². The summed E-state index contributed by atoms with van der Waals surface area (Å²) >= 11 is 1.22. The molecule has 0 aliphatic heterocycles. The predicted molar refractivity (Wildman–Crippen MR) is 74.2 cm³/mol. The van der Waals surface area contributed by atoms with E-state index in [-0.39, 0.29) is 17.6 Å². The second-order valence-electron chi connectivity index (χ2n) is 3.93. The fraction of sp³-hybridized carbons (Fsp3) is 0.300. The minimum absolute atomic E-state index is 0.0261. The highest BCUT2D eigenvalue weighted by molar-refractivity contribution is 7.99. The van der Waals surface area contributed by atoms with Gasteiger partial charge in [0, 0.05) is 26.5 Å². The van der Waals surface area contributed by atoms with E-state index in [1.807, 2.05) is 0 Å². The van der Waals surface area contributed by atoms with E-state index in [4.69, 9.17) is 5.84 Å². The summed E-state index contributed by atoms with van der Waals surface area (Å²) in [6, 6.07) is 0. The Morgan fingerprint density at radius 1 is 1.45 bits per heavy atom. The molecule has 2 rings (SSSR count). The van der Waals surface area contributed by atoms with Gasteiger partial charge < -0.3 is 4.90 Å². The van der Waals surface area contributed by atoms with Crippen molar-refractivity contribution in [2.24, 2.45) is 5.84 Å². The number of nitrogens with zero attached hydrogens (tertiary/aromatic N) is 6. The van der Waals surface area contributed by atoms with Crippen LogP contribution in [-0.4, -0.2) is 55.2 Å². The summed E-state index contributed by atoms with van der Waals surface area (Å²) in [4.78, 5) is 29.5. The van der Waals surface area contributed by atoms with Crippen molar-refractivity contribution in [3.05, 3.63) is 18.7 Å². The lowest BCUT2D eigenvalue weighted by molar-refractivity contribution is -0.125. The summed E-state index contributed by atoms with van der Waals surface area (Å²) in [6.45, 7) is 0. The van der Waals surface area contributed by atoms with Crippen LogP contribution in [0.15, 0.2) is 23.9 Å². The molecule has 0 atom stereocenters. The fourth-order valence-corrected chi connectivity index (χ4v) is 2.03. The summed E-state index contributed by atoms with van der Waals surface area (Å²) in [5, 5.41) is 0.409. The molecule has 0 spiro atoms. The van der Waals surface area contributed by atoms with Crippen LogP contribution in [0.1, 0.15) is 0 Å². The van der Waals surface area contributed by atoms with E-state index >= 15 is 0 Å². The zero-order chi connectivity index (χ0) is 14.5. The van der Waals surface area contributed by atoms with Crippen LogP contribution in [0.5, 0.6) is 0 Å². The van der Waals surface area contributed by atoms with Crippen molar-refractivity contribution < 1.29 is 4.79 Å². The lowest BCUT2D eigenvalue weighted by Crippen LogP contribution is -2.23. The first kappa shape index (κ1) is 14.2. The predicted octanol–water partition coefficient (Wildman–Crippen LogP) is -0.477. The molecule has 2 aromatic heterocycles. The number of anilines is 1. The average molecular weight is 294 g/mol. The van der Waals surface area contributed by atoms with Crippen LogP contribution < -0.4 is 11.3 Å². The molecule has 0 aliphatic rings. The monoisotopic (exact) mass is 294 g/mol. The van der Waals surface area contributed by atoms with Gasteiger partial charge in [0.15, 0.2) is 5.16 Å². The average Bonchev–Trinajstić information content (AvgIpc) is 2.98. The standard InChI is InChI=1S/C10H14N8OS/c1-17(2)7(19)5-20-10-14-8(16-11)13-9(15-10)18-4-3-12-6-18/h3-4,6H,5,11H2,1-2H3,(H,13,14,15,16). The number of hydrogen-bond acceptors (Lipinski definition) is 8. The number of hydrazine groups is 1. The van der Waals surface area contributed by atoms with Crippen LogP contribution in [0.2, 0.25) is 0 Å². The Morgan fingerprint density at radius 3 is 2.85 bits per heavy atom. The summed E-state index contributed by atoms with van der Waals surface area (Å²) in [5.41, 5.74) is 2.38. The molecular weight excluding hydrogens is 280 g/mol. The molecular formula is C10H14N8OS. The molecule has 1 amide bonds. The molecule has 0 radical (unpaired) electrons. The fourth-order valence-electron chi connectivity index (χ4n) is 1.22. The third-order valence-electron chi connectivity index (χ3n) is 2.29. The van der Waals surface area contributed by atoms with E-state index in [1.165, 1.54) is 16.7 Å².